The fraction of sp³-hybridized carbons (Fsp3) is 0.727. The zero-order valence-corrected chi connectivity index (χ0v) is 9.10. The second-order valence-electron chi connectivity index (χ2n) is 4.03. The van der Waals surface area contributed by atoms with E-state index in [0.29, 0.717) is 6.54 Å². The third-order valence-electron chi connectivity index (χ3n) is 2.41. The van der Waals surface area contributed by atoms with Gasteiger partial charge in [-0.05, 0) is 33.2 Å². The van der Waals surface area contributed by atoms with Crippen molar-refractivity contribution in [2.45, 2.75) is 39.2 Å². The van der Waals surface area contributed by atoms with Crippen molar-refractivity contribution in [2.75, 3.05) is 13.1 Å². The molecular weight excluding hydrogens is 176 g/mol. The minimum Gasteiger partial charge on any atom is -0.351 e. The van der Waals surface area contributed by atoms with Crippen molar-refractivity contribution in [1.82, 2.24) is 10.6 Å². The molecule has 0 radical (unpaired) electrons. The van der Waals surface area contributed by atoms with Crippen LogP contribution >= 0.6 is 0 Å². The van der Waals surface area contributed by atoms with Crippen LogP contribution in [0.1, 0.15) is 33.1 Å². The monoisotopic (exact) mass is 196 g/mol. The smallest absolute Gasteiger partial charge is 0.237 e. The second-order valence-corrected chi connectivity index (χ2v) is 4.03. The van der Waals surface area contributed by atoms with E-state index in [2.05, 4.69) is 10.6 Å². The Kier molecular flexibility index (Phi) is 4.66. The molecule has 2 N–H and O–H groups in total. The van der Waals surface area contributed by atoms with Crippen LogP contribution in [0.3, 0.4) is 0 Å². The van der Waals surface area contributed by atoms with Gasteiger partial charge in [0, 0.05) is 6.54 Å². The largest absolute Gasteiger partial charge is 0.351 e. The molecule has 1 amide bonds. The summed E-state index contributed by atoms with van der Waals surface area (Å²) in [6.07, 6.45) is 5.35. The van der Waals surface area contributed by atoms with Crippen molar-refractivity contribution in [3.8, 4) is 0 Å². The summed E-state index contributed by atoms with van der Waals surface area (Å²) in [5, 5.41) is 6.13. The van der Waals surface area contributed by atoms with Gasteiger partial charge in [-0.2, -0.15) is 0 Å². The Labute approximate surface area is 86.0 Å². The Balaban J connectivity index is 2.23. The maximum atomic E-state index is 11.6. The van der Waals surface area contributed by atoms with Gasteiger partial charge in [-0.1, -0.05) is 18.1 Å². The van der Waals surface area contributed by atoms with Gasteiger partial charge < -0.3 is 10.6 Å². The second kappa shape index (κ2) is 5.81. The van der Waals surface area contributed by atoms with Gasteiger partial charge in [0.15, 0.2) is 0 Å². The third kappa shape index (κ3) is 3.92. The van der Waals surface area contributed by atoms with Gasteiger partial charge in [0.2, 0.25) is 5.91 Å². The number of hydrogen-bond acceptors (Lipinski definition) is 2. The first-order chi connectivity index (χ1) is 6.70. The Morgan fingerprint density at radius 1 is 1.50 bits per heavy atom. The molecule has 0 spiro atoms. The highest BCUT2D eigenvalue weighted by Gasteiger charge is 2.19. The molecule has 0 aromatic heterocycles. The Bertz CT molecular complexity index is 213. The lowest BCUT2D eigenvalue weighted by Gasteiger charge is -2.22. The molecule has 0 bridgehead atoms. The molecule has 0 aromatic rings. The third-order valence-corrected chi connectivity index (χ3v) is 2.41. The zero-order chi connectivity index (χ0) is 10.4. The summed E-state index contributed by atoms with van der Waals surface area (Å²) in [4.78, 5) is 11.6. The first kappa shape index (κ1) is 11.2. The summed E-state index contributed by atoms with van der Waals surface area (Å²) in [6.45, 7) is 5.69. The average Bonchev–Trinajstić information content (AvgIpc) is 2.18. The van der Waals surface area contributed by atoms with E-state index in [1.165, 1.54) is 12.0 Å². The molecule has 3 heteroatoms. The molecule has 1 heterocycles. The minimum absolute atomic E-state index is 0.0364. The van der Waals surface area contributed by atoms with Gasteiger partial charge in [0.25, 0.3) is 0 Å². The van der Waals surface area contributed by atoms with E-state index in [4.69, 9.17) is 0 Å². The van der Waals surface area contributed by atoms with Crippen LogP contribution in [0.15, 0.2) is 11.6 Å². The first-order valence-electron chi connectivity index (χ1n) is 5.34. The summed E-state index contributed by atoms with van der Waals surface area (Å²) in [5.74, 6) is 0.141. The number of carbonyl (C=O) groups excluding carboxylic acids is 1. The standard InChI is InChI=1S/C11H20N2O/c1-9(2)6-8-13-11(14)10-5-3-4-7-12-10/h6,10,12H,3-5,7-8H2,1-2H3,(H,13,14)/t10-/m1/s1. The molecule has 0 unspecified atom stereocenters. The van der Waals surface area contributed by atoms with Crippen LogP contribution in [-0.2, 0) is 4.79 Å². The summed E-state index contributed by atoms with van der Waals surface area (Å²) in [7, 11) is 0. The van der Waals surface area contributed by atoms with Crippen LogP contribution in [0.4, 0.5) is 0 Å². The molecule has 1 aliphatic rings. The van der Waals surface area contributed by atoms with Crippen molar-refractivity contribution in [3.63, 3.8) is 0 Å². The molecule has 1 fully saturated rings. The van der Waals surface area contributed by atoms with Crippen LogP contribution in [0, 0.1) is 0 Å². The molecule has 1 aliphatic heterocycles. The van der Waals surface area contributed by atoms with E-state index in [-0.39, 0.29) is 11.9 Å². The van der Waals surface area contributed by atoms with Gasteiger partial charge in [-0.25, -0.2) is 0 Å². The maximum Gasteiger partial charge on any atom is 0.237 e. The molecule has 0 aliphatic carbocycles. The molecule has 0 aromatic carbocycles. The predicted octanol–water partition coefficient (Wildman–Crippen LogP) is 1.21. The molecule has 80 valence electrons. The van der Waals surface area contributed by atoms with E-state index in [0.717, 1.165) is 19.4 Å². The highest BCUT2D eigenvalue weighted by Crippen LogP contribution is 2.06. The molecule has 1 saturated heterocycles. The highest BCUT2D eigenvalue weighted by molar-refractivity contribution is 5.81. The van der Waals surface area contributed by atoms with Crippen molar-refractivity contribution in [1.29, 1.82) is 0 Å². The van der Waals surface area contributed by atoms with E-state index in [1.54, 1.807) is 0 Å². The van der Waals surface area contributed by atoms with E-state index in [1.807, 2.05) is 19.9 Å². The van der Waals surface area contributed by atoms with Crippen LogP contribution in [0.25, 0.3) is 0 Å². The van der Waals surface area contributed by atoms with Crippen LogP contribution in [-0.4, -0.2) is 25.0 Å². The molecule has 0 saturated carbocycles. The zero-order valence-electron chi connectivity index (χ0n) is 9.10. The number of nitrogens with one attached hydrogen (secondary N) is 2. The summed E-state index contributed by atoms with van der Waals surface area (Å²) < 4.78 is 0. The van der Waals surface area contributed by atoms with E-state index >= 15 is 0 Å². The van der Waals surface area contributed by atoms with Crippen molar-refractivity contribution < 1.29 is 4.79 Å². The molecule has 1 atom stereocenters. The molecule has 1 rings (SSSR count). The van der Waals surface area contributed by atoms with Gasteiger partial charge in [0.1, 0.15) is 0 Å². The van der Waals surface area contributed by atoms with Crippen LogP contribution in [0.2, 0.25) is 0 Å². The van der Waals surface area contributed by atoms with E-state index in [9.17, 15) is 4.79 Å². The normalized spacial score (nSPS) is 21.4. The molecule has 3 nitrogen and oxygen atoms in total. The van der Waals surface area contributed by atoms with Gasteiger partial charge in [0.05, 0.1) is 6.04 Å². The molecular formula is C11H20N2O. The van der Waals surface area contributed by atoms with Crippen molar-refractivity contribution in [2.24, 2.45) is 0 Å². The predicted molar refractivity (Wildman–Crippen MR) is 58.1 cm³/mol. The Morgan fingerprint density at radius 2 is 2.29 bits per heavy atom. The summed E-state index contributed by atoms with van der Waals surface area (Å²) in [6, 6.07) is 0.0364. The van der Waals surface area contributed by atoms with Crippen LogP contribution in [0.5, 0.6) is 0 Å². The lowest BCUT2D eigenvalue weighted by molar-refractivity contribution is -0.123. The number of amides is 1. The minimum atomic E-state index is 0.0364. The number of hydrogen-bond donors (Lipinski definition) is 2. The fourth-order valence-electron chi connectivity index (χ4n) is 1.55. The van der Waals surface area contributed by atoms with Gasteiger partial charge >= 0.3 is 0 Å². The summed E-state index contributed by atoms with van der Waals surface area (Å²) >= 11 is 0. The maximum absolute atomic E-state index is 11.6. The first-order valence-corrected chi connectivity index (χ1v) is 5.34. The number of carbonyl (C=O) groups is 1. The van der Waals surface area contributed by atoms with Gasteiger partial charge in [-0.15, -0.1) is 0 Å². The van der Waals surface area contributed by atoms with E-state index < -0.39 is 0 Å². The molecule has 14 heavy (non-hydrogen) atoms. The highest BCUT2D eigenvalue weighted by atomic mass is 16.2. The Morgan fingerprint density at radius 3 is 2.86 bits per heavy atom. The quantitative estimate of drug-likeness (QED) is 0.666. The number of piperidine rings is 1. The van der Waals surface area contributed by atoms with Gasteiger partial charge in [-0.3, -0.25) is 4.79 Å². The lowest BCUT2D eigenvalue weighted by atomic mass is 10.0. The Hall–Kier alpha value is -0.830. The van der Waals surface area contributed by atoms with Crippen molar-refractivity contribution >= 4 is 5.91 Å². The topological polar surface area (TPSA) is 41.1 Å². The van der Waals surface area contributed by atoms with Crippen LogP contribution < -0.4 is 10.6 Å². The van der Waals surface area contributed by atoms with Crippen molar-refractivity contribution in [3.05, 3.63) is 11.6 Å². The number of rotatable bonds is 3. The fourth-order valence-corrected chi connectivity index (χ4v) is 1.55. The SMILES string of the molecule is CC(C)=CCNC(=O)[C@H]1CCCCN1. The average molecular weight is 196 g/mol. The summed E-state index contributed by atoms with van der Waals surface area (Å²) in [5.41, 5.74) is 1.24. The lowest BCUT2D eigenvalue weighted by Crippen LogP contribution is -2.46. The number of allylic oxidation sites excluding steroid dienone is 1.